The number of carbonyl (C=O) groups excluding carboxylic acids is 2. The van der Waals surface area contributed by atoms with Gasteiger partial charge in [0.2, 0.25) is 5.91 Å². The summed E-state index contributed by atoms with van der Waals surface area (Å²) in [6, 6.07) is 7.86. The van der Waals surface area contributed by atoms with Crippen LogP contribution in [0.1, 0.15) is 80.1 Å². The van der Waals surface area contributed by atoms with E-state index in [0.29, 0.717) is 36.9 Å². The minimum absolute atomic E-state index is 0.244. The highest BCUT2D eigenvalue weighted by atomic mass is 16.5. The Kier molecular flexibility index (Phi) is 8.10. The number of hydrogen-bond acceptors (Lipinski definition) is 4. The molecule has 1 aromatic carbocycles. The number of carbonyl (C=O) groups is 2. The molecule has 2 atom stereocenters. The average Bonchev–Trinajstić information content (AvgIpc) is 3.12. The molecule has 1 aliphatic carbocycles. The molecule has 29 heavy (non-hydrogen) atoms. The van der Waals surface area contributed by atoms with Gasteiger partial charge in [-0.2, -0.15) is 0 Å². The van der Waals surface area contributed by atoms with Crippen LogP contribution < -0.4 is 0 Å². The number of likely N-dealkylation sites (tertiary alicyclic amines) is 1. The molecule has 1 saturated heterocycles. The first-order chi connectivity index (χ1) is 14.1. The molecule has 5 nitrogen and oxygen atoms in total. The van der Waals surface area contributed by atoms with Gasteiger partial charge >= 0.3 is 5.97 Å². The molecule has 1 saturated carbocycles. The number of aliphatic hydroxyl groups excluding tert-OH is 1. The molecule has 2 fully saturated rings. The molecule has 0 radical (unpaired) electrons. The second-order valence-corrected chi connectivity index (χ2v) is 8.61. The van der Waals surface area contributed by atoms with Crippen LogP contribution in [0.2, 0.25) is 0 Å². The van der Waals surface area contributed by atoms with Gasteiger partial charge in [0, 0.05) is 19.0 Å². The number of rotatable bonds is 9. The van der Waals surface area contributed by atoms with Crippen molar-refractivity contribution in [1.29, 1.82) is 0 Å². The molecule has 1 aliphatic heterocycles. The lowest BCUT2D eigenvalue weighted by Crippen LogP contribution is -2.36. The fourth-order valence-corrected chi connectivity index (χ4v) is 4.89. The third-order valence-electron chi connectivity index (χ3n) is 6.69. The van der Waals surface area contributed by atoms with Gasteiger partial charge in [-0.05, 0) is 68.6 Å². The van der Waals surface area contributed by atoms with Crippen LogP contribution in [0.3, 0.4) is 0 Å². The highest BCUT2D eigenvalue weighted by molar-refractivity contribution is 5.89. The van der Waals surface area contributed by atoms with E-state index in [1.807, 2.05) is 17.0 Å². The molecule has 0 bridgehead atoms. The summed E-state index contributed by atoms with van der Waals surface area (Å²) in [6.07, 6.45) is 11.0. The monoisotopic (exact) mass is 401 g/mol. The lowest BCUT2D eigenvalue weighted by atomic mass is 9.84. The van der Waals surface area contributed by atoms with E-state index in [2.05, 4.69) is 0 Å². The number of ether oxygens (including phenoxy) is 1. The second-order valence-electron chi connectivity index (χ2n) is 8.61. The number of aliphatic hydroxyl groups is 1. The van der Waals surface area contributed by atoms with Crippen molar-refractivity contribution in [3.05, 3.63) is 35.4 Å². The highest BCUT2D eigenvalue weighted by Crippen LogP contribution is 2.29. The third-order valence-corrected chi connectivity index (χ3v) is 6.69. The minimum atomic E-state index is -0.313. The zero-order valence-corrected chi connectivity index (χ0v) is 17.6. The van der Waals surface area contributed by atoms with Gasteiger partial charge in [-0.1, -0.05) is 31.4 Å². The van der Waals surface area contributed by atoms with Crippen LogP contribution in [0.5, 0.6) is 0 Å². The predicted octanol–water partition coefficient (Wildman–Crippen LogP) is 4.12. The fourth-order valence-electron chi connectivity index (χ4n) is 4.89. The molecule has 1 heterocycles. The molecular weight excluding hydrogens is 366 g/mol. The Morgan fingerprint density at radius 1 is 1.17 bits per heavy atom. The molecule has 1 aromatic rings. The number of amides is 1. The summed E-state index contributed by atoms with van der Waals surface area (Å²) >= 11 is 0. The standard InChI is InChI=1S/C24H35NO4/c1-29-24(28)20-12-10-18(11-13-20)6-5-9-21-14-15-23(27)25(21)17-16-22(26)19-7-3-2-4-8-19/h10-13,19,21-22,26H,2-9,14-17H2,1H3/t21-,22+/m1/s1. The van der Waals surface area contributed by atoms with Crippen LogP contribution in [-0.2, 0) is 16.0 Å². The van der Waals surface area contributed by atoms with Gasteiger partial charge in [0.25, 0.3) is 0 Å². The number of nitrogens with zero attached hydrogens (tertiary/aromatic N) is 1. The number of aryl methyl sites for hydroxylation is 1. The van der Waals surface area contributed by atoms with Gasteiger partial charge in [0.15, 0.2) is 0 Å². The first-order valence-corrected chi connectivity index (χ1v) is 11.2. The maximum atomic E-state index is 12.3. The lowest BCUT2D eigenvalue weighted by Gasteiger charge is -2.30. The van der Waals surface area contributed by atoms with Crippen LogP contribution in [-0.4, -0.2) is 47.7 Å². The zero-order chi connectivity index (χ0) is 20.6. The topological polar surface area (TPSA) is 66.8 Å². The lowest BCUT2D eigenvalue weighted by molar-refractivity contribution is -0.129. The Morgan fingerprint density at radius 2 is 1.90 bits per heavy atom. The van der Waals surface area contributed by atoms with Crippen molar-refractivity contribution in [3.63, 3.8) is 0 Å². The van der Waals surface area contributed by atoms with Crippen molar-refractivity contribution >= 4 is 11.9 Å². The Morgan fingerprint density at radius 3 is 2.59 bits per heavy atom. The third kappa shape index (κ3) is 6.05. The van der Waals surface area contributed by atoms with Gasteiger partial charge < -0.3 is 14.7 Å². The van der Waals surface area contributed by atoms with Crippen LogP contribution in [0.25, 0.3) is 0 Å². The van der Waals surface area contributed by atoms with Crippen molar-refractivity contribution in [2.24, 2.45) is 5.92 Å². The van der Waals surface area contributed by atoms with E-state index in [1.165, 1.54) is 31.9 Å². The number of esters is 1. The Bertz CT molecular complexity index is 666. The van der Waals surface area contributed by atoms with Gasteiger partial charge in [0.1, 0.15) is 0 Å². The van der Waals surface area contributed by atoms with Gasteiger partial charge in [-0.3, -0.25) is 4.79 Å². The first-order valence-electron chi connectivity index (χ1n) is 11.2. The van der Waals surface area contributed by atoms with Crippen molar-refractivity contribution < 1.29 is 19.4 Å². The normalized spacial score (nSPS) is 21.4. The largest absolute Gasteiger partial charge is 0.465 e. The Hall–Kier alpha value is -1.88. The van der Waals surface area contributed by atoms with E-state index < -0.39 is 0 Å². The number of methoxy groups -OCH3 is 1. The van der Waals surface area contributed by atoms with E-state index in [-0.39, 0.29) is 18.0 Å². The van der Waals surface area contributed by atoms with E-state index in [0.717, 1.165) is 38.5 Å². The molecule has 1 N–H and O–H groups in total. The maximum absolute atomic E-state index is 12.3. The highest BCUT2D eigenvalue weighted by Gasteiger charge is 2.31. The molecule has 2 aliphatic rings. The van der Waals surface area contributed by atoms with Crippen molar-refractivity contribution in [1.82, 2.24) is 4.90 Å². The molecule has 0 spiro atoms. The van der Waals surface area contributed by atoms with Crippen LogP contribution in [0, 0.1) is 5.92 Å². The summed E-state index contributed by atoms with van der Waals surface area (Å²) in [4.78, 5) is 25.9. The van der Waals surface area contributed by atoms with E-state index >= 15 is 0 Å². The zero-order valence-electron chi connectivity index (χ0n) is 17.6. The molecular formula is C24H35NO4. The van der Waals surface area contributed by atoms with Gasteiger partial charge in [-0.25, -0.2) is 4.79 Å². The van der Waals surface area contributed by atoms with Crippen molar-refractivity contribution in [3.8, 4) is 0 Å². The fraction of sp³-hybridized carbons (Fsp3) is 0.667. The summed E-state index contributed by atoms with van der Waals surface area (Å²) in [7, 11) is 1.39. The number of benzene rings is 1. The first kappa shape index (κ1) is 21.8. The van der Waals surface area contributed by atoms with Gasteiger partial charge in [-0.15, -0.1) is 0 Å². The van der Waals surface area contributed by atoms with E-state index in [1.54, 1.807) is 12.1 Å². The molecule has 1 amide bonds. The molecule has 160 valence electrons. The predicted molar refractivity (Wildman–Crippen MR) is 113 cm³/mol. The van der Waals surface area contributed by atoms with Crippen LogP contribution in [0.15, 0.2) is 24.3 Å². The average molecular weight is 402 g/mol. The SMILES string of the molecule is COC(=O)c1ccc(CCC[C@@H]2CCC(=O)N2CC[C@H](O)C2CCCCC2)cc1. The summed E-state index contributed by atoms with van der Waals surface area (Å²) in [6.45, 7) is 0.689. The quantitative estimate of drug-likeness (QED) is 0.632. The van der Waals surface area contributed by atoms with Crippen LogP contribution in [0.4, 0.5) is 0 Å². The van der Waals surface area contributed by atoms with Crippen molar-refractivity contribution in [2.45, 2.75) is 82.8 Å². The number of hydrogen-bond donors (Lipinski definition) is 1. The summed E-state index contributed by atoms with van der Waals surface area (Å²) in [5.41, 5.74) is 1.77. The maximum Gasteiger partial charge on any atom is 0.337 e. The molecule has 0 aromatic heterocycles. The summed E-state index contributed by atoms with van der Waals surface area (Å²) in [5, 5.41) is 10.5. The Balaban J connectivity index is 1.43. The van der Waals surface area contributed by atoms with Crippen LogP contribution >= 0.6 is 0 Å². The Labute approximate surface area is 174 Å². The molecule has 5 heteroatoms. The van der Waals surface area contributed by atoms with E-state index in [9.17, 15) is 14.7 Å². The summed E-state index contributed by atoms with van der Waals surface area (Å²) in [5.74, 6) is 0.355. The van der Waals surface area contributed by atoms with Crippen molar-refractivity contribution in [2.75, 3.05) is 13.7 Å². The molecule has 0 unspecified atom stereocenters. The van der Waals surface area contributed by atoms with E-state index in [4.69, 9.17) is 4.74 Å². The molecule has 3 rings (SSSR count). The minimum Gasteiger partial charge on any atom is -0.465 e. The second kappa shape index (κ2) is 10.8. The summed E-state index contributed by atoms with van der Waals surface area (Å²) < 4.78 is 4.73. The smallest absolute Gasteiger partial charge is 0.337 e. The van der Waals surface area contributed by atoms with Gasteiger partial charge in [0.05, 0.1) is 18.8 Å².